The highest BCUT2D eigenvalue weighted by Crippen LogP contribution is 2.09. The lowest BCUT2D eigenvalue weighted by molar-refractivity contribution is -0.134. The summed E-state index contributed by atoms with van der Waals surface area (Å²) in [7, 11) is 0. The summed E-state index contributed by atoms with van der Waals surface area (Å²) < 4.78 is 0. The molecule has 1 aromatic rings. The first-order chi connectivity index (χ1) is 11.1. The Morgan fingerprint density at radius 3 is 2.78 bits per heavy atom. The Labute approximate surface area is 143 Å². The second-order valence-corrected chi connectivity index (χ2v) is 7.10. The van der Waals surface area contributed by atoms with E-state index < -0.39 is 6.04 Å². The van der Waals surface area contributed by atoms with Gasteiger partial charge in [-0.3, -0.25) is 19.8 Å². The number of anilines is 1. The van der Waals surface area contributed by atoms with Crippen LogP contribution in [0.3, 0.4) is 0 Å². The SMILES string of the molecule is CSCCC(N)C(=O)N1CCN(CC(=O)Nc2nncs2)CC1. The lowest BCUT2D eigenvalue weighted by Crippen LogP contribution is -2.54. The highest BCUT2D eigenvalue weighted by molar-refractivity contribution is 7.98. The van der Waals surface area contributed by atoms with Gasteiger partial charge in [0.25, 0.3) is 0 Å². The Morgan fingerprint density at radius 2 is 2.17 bits per heavy atom. The minimum absolute atomic E-state index is 0.0111. The van der Waals surface area contributed by atoms with Crippen LogP contribution in [-0.4, -0.2) is 82.6 Å². The average molecular weight is 358 g/mol. The van der Waals surface area contributed by atoms with Gasteiger partial charge in [0.2, 0.25) is 16.9 Å². The van der Waals surface area contributed by atoms with Crippen molar-refractivity contribution in [1.82, 2.24) is 20.0 Å². The van der Waals surface area contributed by atoms with Crippen LogP contribution in [-0.2, 0) is 9.59 Å². The minimum atomic E-state index is -0.422. The summed E-state index contributed by atoms with van der Waals surface area (Å²) in [6.07, 6.45) is 2.70. The van der Waals surface area contributed by atoms with E-state index in [1.807, 2.05) is 11.2 Å². The first-order valence-corrected chi connectivity index (χ1v) is 9.69. The second kappa shape index (κ2) is 9.16. The fourth-order valence-electron chi connectivity index (χ4n) is 2.32. The van der Waals surface area contributed by atoms with Crippen LogP contribution >= 0.6 is 23.1 Å². The summed E-state index contributed by atoms with van der Waals surface area (Å²) >= 11 is 2.98. The van der Waals surface area contributed by atoms with Gasteiger partial charge in [0.05, 0.1) is 12.6 Å². The molecule has 8 nitrogen and oxygen atoms in total. The van der Waals surface area contributed by atoms with Crippen molar-refractivity contribution < 1.29 is 9.59 Å². The molecule has 0 bridgehead atoms. The van der Waals surface area contributed by atoms with Gasteiger partial charge in [-0.25, -0.2) is 0 Å². The number of carbonyl (C=O) groups is 2. The van der Waals surface area contributed by atoms with Crippen LogP contribution in [0.4, 0.5) is 5.13 Å². The van der Waals surface area contributed by atoms with E-state index in [9.17, 15) is 9.59 Å². The van der Waals surface area contributed by atoms with Crippen molar-refractivity contribution in [2.24, 2.45) is 5.73 Å². The van der Waals surface area contributed by atoms with E-state index in [-0.39, 0.29) is 11.8 Å². The van der Waals surface area contributed by atoms with E-state index in [1.165, 1.54) is 11.3 Å². The van der Waals surface area contributed by atoms with Gasteiger partial charge in [0.15, 0.2) is 0 Å². The lowest BCUT2D eigenvalue weighted by atomic mass is 10.2. The number of nitrogens with two attached hydrogens (primary N) is 1. The molecule has 2 rings (SSSR count). The van der Waals surface area contributed by atoms with Crippen LogP contribution in [0.15, 0.2) is 5.51 Å². The highest BCUT2D eigenvalue weighted by atomic mass is 32.2. The first kappa shape index (κ1) is 18.1. The van der Waals surface area contributed by atoms with Crippen molar-refractivity contribution in [1.29, 1.82) is 0 Å². The molecule has 2 amide bonds. The largest absolute Gasteiger partial charge is 0.339 e. The molecular formula is C13H22N6O2S2. The van der Waals surface area contributed by atoms with Gasteiger partial charge < -0.3 is 10.6 Å². The van der Waals surface area contributed by atoms with Crippen LogP contribution in [0.25, 0.3) is 0 Å². The molecule has 1 aliphatic heterocycles. The van der Waals surface area contributed by atoms with Gasteiger partial charge in [-0.2, -0.15) is 11.8 Å². The summed E-state index contributed by atoms with van der Waals surface area (Å²) in [6, 6.07) is -0.422. The molecule has 128 valence electrons. The molecule has 23 heavy (non-hydrogen) atoms. The van der Waals surface area contributed by atoms with Gasteiger partial charge >= 0.3 is 0 Å². The number of rotatable bonds is 7. The summed E-state index contributed by atoms with van der Waals surface area (Å²) in [5, 5.41) is 10.7. The zero-order valence-electron chi connectivity index (χ0n) is 13.1. The van der Waals surface area contributed by atoms with Gasteiger partial charge in [-0.05, 0) is 18.4 Å². The maximum absolute atomic E-state index is 12.2. The molecule has 0 spiro atoms. The number of hydrogen-bond acceptors (Lipinski definition) is 8. The fourth-order valence-corrected chi connectivity index (χ4v) is 3.27. The fraction of sp³-hybridized carbons (Fsp3) is 0.692. The Bertz CT molecular complexity index is 505. The van der Waals surface area contributed by atoms with Crippen molar-refractivity contribution in [2.45, 2.75) is 12.5 Å². The van der Waals surface area contributed by atoms with Gasteiger partial charge in [-0.15, -0.1) is 10.2 Å². The Morgan fingerprint density at radius 1 is 1.43 bits per heavy atom. The Balaban J connectivity index is 1.71. The molecule has 1 atom stereocenters. The summed E-state index contributed by atoms with van der Waals surface area (Å²) in [5.74, 6) is 0.786. The third kappa shape index (κ3) is 5.72. The maximum atomic E-state index is 12.2. The van der Waals surface area contributed by atoms with Crippen LogP contribution in [0.5, 0.6) is 0 Å². The highest BCUT2D eigenvalue weighted by Gasteiger charge is 2.25. The number of carbonyl (C=O) groups excluding carboxylic acids is 2. The molecule has 1 fully saturated rings. The topological polar surface area (TPSA) is 104 Å². The molecule has 0 radical (unpaired) electrons. The minimum Gasteiger partial charge on any atom is -0.339 e. The molecular weight excluding hydrogens is 336 g/mol. The van der Waals surface area contributed by atoms with Crippen LogP contribution in [0.1, 0.15) is 6.42 Å². The number of hydrogen-bond donors (Lipinski definition) is 2. The molecule has 0 saturated carbocycles. The number of nitrogens with one attached hydrogen (secondary N) is 1. The van der Waals surface area contributed by atoms with Crippen molar-refractivity contribution in [3.63, 3.8) is 0 Å². The normalized spacial score (nSPS) is 17.0. The van der Waals surface area contributed by atoms with Gasteiger partial charge in [0, 0.05) is 26.2 Å². The number of amides is 2. The maximum Gasteiger partial charge on any atom is 0.240 e. The van der Waals surface area contributed by atoms with E-state index in [0.717, 1.165) is 5.75 Å². The van der Waals surface area contributed by atoms with Crippen LogP contribution < -0.4 is 11.1 Å². The predicted octanol–water partition coefficient (Wildman–Crippen LogP) is -0.299. The molecule has 3 N–H and O–H groups in total. The average Bonchev–Trinajstić information content (AvgIpc) is 3.05. The standard InChI is InChI=1S/C13H22N6O2S2/c1-22-7-2-10(14)12(21)19-5-3-18(4-6-19)8-11(20)16-13-17-15-9-23-13/h9-10H,2-8,14H2,1H3,(H,16,17,20). The van der Waals surface area contributed by atoms with Crippen LogP contribution in [0, 0.1) is 0 Å². The number of nitrogens with zero attached hydrogens (tertiary/aromatic N) is 4. The van der Waals surface area contributed by atoms with Crippen molar-refractivity contribution in [2.75, 3.05) is 50.0 Å². The van der Waals surface area contributed by atoms with Gasteiger partial charge in [-0.1, -0.05) is 11.3 Å². The molecule has 1 aromatic heterocycles. The molecule has 10 heteroatoms. The van der Waals surface area contributed by atoms with Crippen LogP contribution in [0.2, 0.25) is 0 Å². The zero-order chi connectivity index (χ0) is 16.7. The smallest absolute Gasteiger partial charge is 0.240 e. The summed E-state index contributed by atoms with van der Waals surface area (Å²) in [5.41, 5.74) is 7.50. The van der Waals surface area contributed by atoms with Crippen molar-refractivity contribution in [3.05, 3.63) is 5.51 Å². The second-order valence-electron chi connectivity index (χ2n) is 5.28. The van der Waals surface area contributed by atoms with E-state index >= 15 is 0 Å². The Hall–Kier alpha value is -1.23. The Kier molecular flexibility index (Phi) is 7.21. The molecule has 0 aromatic carbocycles. The van der Waals surface area contributed by atoms with E-state index in [0.29, 0.717) is 44.3 Å². The molecule has 1 aliphatic rings. The summed E-state index contributed by atoms with van der Waals surface area (Å²) in [4.78, 5) is 27.9. The number of aromatic nitrogens is 2. The lowest BCUT2D eigenvalue weighted by Gasteiger charge is -2.35. The van der Waals surface area contributed by atoms with E-state index in [1.54, 1.807) is 22.2 Å². The van der Waals surface area contributed by atoms with Gasteiger partial charge in [0.1, 0.15) is 5.51 Å². The first-order valence-electron chi connectivity index (χ1n) is 7.42. The molecule has 2 heterocycles. The predicted molar refractivity (Wildman–Crippen MR) is 92.5 cm³/mol. The molecule has 0 aliphatic carbocycles. The summed E-state index contributed by atoms with van der Waals surface area (Å²) in [6.45, 7) is 2.85. The zero-order valence-corrected chi connectivity index (χ0v) is 14.7. The molecule has 1 saturated heterocycles. The monoisotopic (exact) mass is 358 g/mol. The quantitative estimate of drug-likeness (QED) is 0.689. The third-order valence-electron chi connectivity index (χ3n) is 3.61. The van der Waals surface area contributed by atoms with E-state index in [4.69, 9.17) is 5.73 Å². The molecule has 1 unspecified atom stereocenters. The number of thioether (sulfide) groups is 1. The van der Waals surface area contributed by atoms with Crippen molar-refractivity contribution in [3.8, 4) is 0 Å². The van der Waals surface area contributed by atoms with E-state index in [2.05, 4.69) is 15.5 Å². The third-order valence-corrected chi connectivity index (χ3v) is 4.86. The van der Waals surface area contributed by atoms with Crippen molar-refractivity contribution >= 4 is 40.0 Å². The number of piperazine rings is 1.